The van der Waals surface area contributed by atoms with E-state index < -0.39 is 5.60 Å². The van der Waals surface area contributed by atoms with Crippen LogP contribution in [0.1, 0.15) is 31.9 Å². The molecule has 138 valence electrons. The molecule has 0 saturated carbocycles. The van der Waals surface area contributed by atoms with Gasteiger partial charge in [0.2, 0.25) is 0 Å². The van der Waals surface area contributed by atoms with E-state index in [9.17, 15) is 4.79 Å². The average molecular weight is 351 g/mol. The minimum atomic E-state index is -0.878. The first kappa shape index (κ1) is 19.9. The molecule has 1 atom stereocenters. The highest BCUT2D eigenvalue weighted by Gasteiger charge is 2.39. The van der Waals surface area contributed by atoms with Crippen LogP contribution in [-0.2, 0) is 21.6 Å². The van der Waals surface area contributed by atoms with E-state index in [-0.39, 0.29) is 5.97 Å². The predicted molar refractivity (Wildman–Crippen MR) is 107 cm³/mol. The summed E-state index contributed by atoms with van der Waals surface area (Å²) in [6, 6.07) is 20.1. The third-order valence-corrected chi connectivity index (χ3v) is 4.73. The quantitative estimate of drug-likeness (QED) is 0.489. The molecule has 1 unspecified atom stereocenters. The van der Waals surface area contributed by atoms with Crippen molar-refractivity contribution >= 4 is 5.97 Å². The first-order valence-corrected chi connectivity index (χ1v) is 9.21. The fourth-order valence-corrected chi connectivity index (χ4v) is 3.28. The minimum absolute atomic E-state index is 0.300. The Morgan fingerprint density at radius 1 is 1.00 bits per heavy atom. The third-order valence-electron chi connectivity index (χ3n) is 4.73. The van der Waals surface area contributed by atoms with E-state index in [0.717, 1.165) is 29.8 Å². The summed E-state index contributed by atoms with van der Waals surface area (Å²) in [4.78, 5) is 14.4. The van der Waals surface area contributed by atoms with E-state index >= 15 is 0 Å². The molecule has 0 aliphatic rings. The highest BCUT2D eigenvalue weighted by atomic mass is 16.6. The van der Waals surface area contributed by atoms with Crippen molar-refractivity contribution in [2.45, 2.75) is 32.8 Å². The number of hydrogen-bond donors (Lipinski definition) is 0. The van der Waals surface area contributed by atoms with Crippen molar-refractivity contribution in [3.05, 3.63) is 83.9 Å². The first-order chi connectivity index (χ1) is 12.5. The van der Waals surface area contributed by atoms with Gasteiger partial charge in [-0.1, -0.05) is 81.1 Å². The number of carbonyl (C=O) groups excluding carboxylic acids is 1. The topological polar surface area (TPSA) is 29.5 Å². The van der Waals surface area contributed by atoms with E-state index in [0.29, 0.717) is 13.0 Å². The van der Waals surface area contributed by atoms with Gasteiger partial charge in [0, 0.05) is 25.5 Å². The van der Waals surface area contributed by atoms with Crippen LogP contribution in [0.3, 0.4) is 0 Å². The van der Waals surface area contributed by atoms with E-state index in [4.69, 9.17) is 4.74 Å². The van der Waals surface area contributed by atoms with Crippen LogP contribution in [0, 0.1) is 0 Å². The maximum absolute atomic E-state index is 12.1. The Kier molecular flexibility index (Phi) is 7.16. The molecular formula is C23H29NO2. The Morgan fingerprint density at radius 2 is 1.54 bits per heavy atom. The van der Waals surface area contributed by atoms with Crippen LogP contribution < -0.4 is 0 Å². The third kappa shape index (κ3) is 4.83. The second kappa shape index (κ2) is 9.35. The van der Waals surface area contributed by atoms with E-state index in [2.05, 4.69) is 37.5 Å². The molecule has 2 aromatic carbocycles. The second-order valence-electron chi connectivity index (χ2n) is 6.51. The summed E-state index contributed by atoms with van der Waals surface area (Å²) in [6.07, 6.45) is 0.567. The maximum atomic E-state index is 12.1. The fourth-order valence-electron chi connectivity index (χ4n) is 3.28. The summed E-state index contributed by atoms with van der Waals surface area (Å²) < 4.78 is 6.01. The molecule has 0 fully saturated rings. The second-order valence-corrected chi connectivity index (χ2v) is 6.51. The zero-order chi connectivity index (χ0) is 19.0. The normalized spacial score (nSPS) is 13.2. The Morgan fingerprint density at radius 3 is 2.04 bits per heavy atom. The largest absolute Gasteiger partial charge is 0.449 e. The van der Waals surface area contributed by atoms with Crippen LogP contribution >= 0.6 is 0 Å². The lowest BCUT2D eigenvalue weighted by Crippen LogP contribution is -2.40. The van der Waals surface area contributed by atoms with Gasteiger partial charge in [-0.2, -0.15) is 0 Å². The van der Waals surface area contributed by atoms with Crippen LogP contribution in [0.2, 0.25) is 0 Å². The highest BCUT2D eigenvalue weighted by Crippen LogP contribution is 2.37. The number of esters is 1. The van der Waals surface area contributed by atoms with E-state index in [1.54, 1.807) is 0 Å². The maximum Gasteiger partial charge on any atom is 0.303 e. The number of ether oxygens (including phenoxy) is 1. The van der Waals surface area contributed by atoms with Gasteiger partial charge in [0.05, 0.1) is 0 Å². The van der Waals surface area contributed by atoms with Crippen molar-refractivity contribution in [2.24, 2.45) is 0 Å². The van der Waals surface area contributed by atoms with Crippen molar-refractivity contribution in [3.63, 3.8) is 0 Å². The van der Waals surface area contributed by atoms with Crippen LogP contribution in [0.5, 0.6) is 0 Å². The number of likely N-dealkylation sites (N-methyl/N-ethyl adjacent to an activating group) is 1. The molecule has 2 aromatic rings. The van der Waals surface area contributed by atoms with Gasteiger partial charge in [-0.25, -0.2) is 0 Å². The minimum Gasteiger partial charge on any atom is -0.449 e. The van der Waals surface area contributed by atoms with E-state index in [1.807, 2.05) is 48.5 Å². The molecule has 0 bridgehead atoms. The number of hydrogen-bond acceptors (Lipinski definition) is 3. The SMILES string of the molecule is C=C(CN(CC)CC)C(Cc1ccccc1)(OC(C)=O)c1ccccc1. The summed E-state index contributed by atoms with van der Waals surface area (Å²) >= 11 is 0. The molecule has 0 heterocycles. The molecule has 2 rings (SSSR count). The molecule has 0 N–H and O–H groups in total. The molecule has 0 amide bonds. The van der Waals surface area contributed by atoms with Crippen molar-refractivity contribution < 1.29 is 9.53 Å². The molecule has 3 nitrogen and oxygen atoms in total. The van der Waals surface area contributed by atoms with Crippen LogP contribution in [0.4, 0.5) is 0 Å². The fraction of sp³-hybridized carbons (Fsp3) is 0.348. The summed E-state index contributed by atoms with van der Waals surface area (Å²) in [5, 5.41) is 0. The molecule has 3 heteroatoms. The Labute approximate surface area is 157 Å². The van der Waals surface area contributed by atoms with Crippen LogP contribution in [0.15, 0.2) is 72.8 Å². The Bertz CT molecular complexity index is 708. The van der Waals surface area contributed by atoms with Gasteiger partial charge in [0.1, 0.15) is 0 Å². The van der Waals surface area contributed by atoms with Gasteiger partial charge in [0.15, 0.2) is 5.60 Å². The van der Waals surface area contributed by atoms with Gasteiger partial charge < -0.3 is 4.74 Å². The van der Waals surface area contributed by atoms with E-state index in [1.165, 1.54) is 6.92 Å². The zero-order valence-corrected chi connectivity index (χ0v) is 16.1. The molecule has 0 aromatic heterocycles. The molecule has 0 spiro atoms. The van der Waals surface area contributed by atoms with Gasteiger partial charge in [-0.3, -0.25) is 9.69 Å². The molecule has 0 aliphatic heterocycles. The van der Waals surface area contributed by atoms with Crippen LogP contribution in [0.25, 0.3) is 0 Å². The monoisotopic (exact) mass is 351 g/mol. The smallest absolute Gasteiger partial charge is 0.303 e. The van der Waals surface area contributed by atoms with Gasteiger partial charge >= 0.3 is 5.97 Å². The number of carbonyl (C=O) groups is 1. The van der Waals surface area contributed by atoms with Gasteiger partial charge in [-0.15, -0.1) is 0 Å². The lowest BCUT2D eigenvalue weighted by atomic mass is 9.80. The summed E-state index contributed by atoms with van der Waals surface area (Å²) in [5.41, 5.74) is 2.08. The number of nitrogens with zero attached hydrogens (tertiary/aromatic N) is 1. The lowest BCUT2D eigenvalue weighted by molar-refractivity contribution is -0.154. The van der Waals surface area contributed by atoms with Crippen molar-refractivity contribution in [1.29, 1.82) is 0 Å². The standard InChI is InChI=1S/C23H29NO2/c1-5-24(6-2)18-19(3)23(26-20(4)25,22-15-11-8-12-16-22)17-21-13-9-7-10-14-21/h7-16H,3,5-6,17-18H2,1-2,4H3. The zero-order valence-electron chi connectivity index (χ0n) is 16.1. The molecule has 0 aliphatic carbocycles. The lowest BCUT2D eigenvalue weighted by Gasteiger charge is -2.37. The van der Waals surface area contributed by atoms with Gasteiger partial charge in [0.25, 0.3) is 0 Å². The van der Waals surface area contributed by atoms with Crippen molar-refractivity contribution in [1.82, 2.24) is 4.90 Å². The Balaban J connectivity index is 2.52. The molecule has 0 saturated heterocycles. The number of benzene rings is 2. The molecule has 26 heavy (non-hydrogen) atoms. The van der Waals surface area contributed by atoms with Crippen LogP contribution in [-0.4, -0.2) is 30.5 Å². The number of rotatable bonds is 9. The summed E-state index contributed by atoms with van der Waals surface area (Å²) in [5.74, 6) is -0.300. The molecular weight excluding hydrogens is 322 g/mol. The Hall–Kier alpha value is -2.39. The highest BCUT2D eigenvalue weighted by molar-refractivity contribution is 5.67. The first-order valence-electron chi connectivity index (χ1n) is 9.21. The molecule has 0 radical (unpaired) electrons. The van der Waals surface area contributed by atoms with Crippen molar-refractivity contribution in [2.75, 3.05) is 19.6 Å². The predicted octanol–water partition coefficient (Wildman–Crippen LogP) is 4.59. The summed E-state index contributed by atoms with van der Waals surface area (Å²) in [7, 11) is 0. The van der Waals surface area contributed by atoms with Gasteiger partial charge in [-0.05, 0) is 24.2 Å². The summed E-state index contributed by atoms with van der Waals surface area (Å²) in [6.45, 7) is 12.6. The average Bonchev–Trinajstić information content (AvgIpc) is 2.66. The van der Waals surface area contributed by atoms with Crippen molar-refractivity contribution in [3.8, 4) is 0 Å².